The number of rotatable bonds is 2. The second-order valence-corrected chi connectivity index (χ2v) is 4.82. The molecule has 1 aliphatic rings. The van der Waals surface area contributed by atoms with E-state index in [0.717, 1.165) is 0 Å². The molecule has 22 heavy (non-hydrogen) atoms. The van der Waals surface area contributed by atoms with Crippen molar-refractivity contribution in [2.24, 2.45) is 0 Å². The van der Waals surface area contributed by atoms with Gasteiger partial charge in [-0.3, -0.25) is 19.5 Å². The number of para-hydroxylation sites is 2. The van der Waals surface area contributed by atoms with Gasteiger partial charge < -0.3 is 10.1 Å². The van der Waals surface area contributed by atoms with Gasteiger partial charge in [0.25, 0.3) is 11.8 Å². The van der Waals surface area contributed by atoms with Gasteiger partial charge in [-0.15, -0.1) is 0 Å². The van der Waals surface area contributed by atoms with Crippen molar-refractivity contribution in [3.05, 3.63) is 54.4 Å². The number of anilines is 1. The summed E-state index contributed by atoms with van der Waals surface area (Å²) in [5, 5.41) is 2.55. The molecule has 0 unspecified atom stereocenters. The van der Waals surface area contributed by atoms with Crippen LogP contribution in [0.3, 0.4) is 0 Å². The van der Waals surface area contributed by atoms with Crippen molar-refractivity contribution in [3.63, 3.8) is 0 Å². The van der Waals surface area contributed by atoms with Gasteiger partial charge in [-0.1, -0.05) is 18.2 Å². The van der Waals surface area contributed by atoms with Crippen molar-refractivity contribution in [1.82, 2.24) is 10.3 Å². The number of nitrogens with zero attached hydrogens (tertiary/aromatic N) is 2. The number of hydrogen-bond donors (Lipinski definition) is 1. The van der Waals surface area contributed by atoms with Crippen LogP contribution in [0.25, 0.3) is 0 Å². The summed E-state index contributed by atoms with van der Waals surface area (Å²) in [6.07, 6.45) is 0.822. The molecule has 1 N–H and O–H groups in total. The van der Waals surface area contributed by atoms with Crippen molar-refractivity contribution in [3.8, 4) is 5.75 Å². The van der Waals surface area contributed by atoms with Gasteiger partial charge in [0.1, 0.15) is 11.4 Å². The van der Waals surface area contributed by atoms with Crippen molar-refractivity contribution >= 4 is 17.5 Å². The maximum Gasteiger partial charge on any atom is 0.277 e. The van der Waals surface area contributed by atoms with E-state index in [2.05, 4.69) is 10.3 Å². The standard InChI is InChI=1S/C16H15N3O3/c1-17-15(20)14-10-19(12-7-2-3-8-13(12)22-14)16(21)11-6-4-5-9-18-11/h2-9,14H,10H2,1H3,(H,17,20)/t14-/m0/s1. The summed E-state index contributed by atoms with van der Waals surface area (Å²) in [6, 6.07) is 12.3. The fourth-order valence-corrected chi connectivity index (χ4v) is 2.35. The Morgan fingerprint density at radius 3 is 2.73 bits per heavy atom. The molecular weight excluding hydrogens is 282 g/mol. The second-order valence-electron chi connectivity index (χ2n) is 4.82. The van der Waals surface area contributed by atoms with Crippen LogP contribution in [-0.4, -0.2) is 36.5 Å². The van der Waals surface area contributed by atoms with Crippen LogP contribution in [0.1, 0.15) is 10.5 Å². The minimum atomic E-state index is -0.743. The fourth-order valence-electron chi connectivity index (χ4n) is 2.35. The molecule has 0 spiro atoms. The molecule has 2 aromatic rings. The first-order chi connectivity index (χ1) is 10.7. The largest absolute Gasteiger partial charge is 0.477 e. The van der Waals surface area contributed by atoms with Gasteiger partial charge in [-0.2, -0.15) is 0 Å². The number of nitrogens with one attached hydrogen (secondary N) is 1. The highest BCUT2D eigenvalue weighted by Crippen LogP contribution is 2.33. The molecule has 1 atom stereocenters. The molecule has 0 saturated heterocycles. The third-order valence-corrected chi connectivity index (χ3v) is 3.44. The molecule has 2 heterocycles. The van der Waals surface area contributed by atoms with Crippen molar-refractivity contribution in [2.75, 3.05) is 18.5 Å². The molecule has 0 radical (unpaired) electrons. The molecule has 0 fully saturated rings. The topological polar surface area (TPSA) is 71.5 Å². The van der Waals surface area contributed by atoms with Gasteiger partial charge in [0.2, 0.25) is 0 Å². The molecule has 2 amide bonds. The number of likely N-dealkylation sites (N-methyl/N-ethyl adjacent to an activating group) is 1. The summed E-state index contributed by atoms with van der Waals surface area (Å²) in [5.41, 5.74) is 0.966. The Labute approximate surface area is 127 Å². The number of amides is 2. The molecule has 1 aromatic carbocycles. The zero-order valence-electron chi connectivity index (χ0n) is 12.0. The van der Waals surface area contributed by atoms with Crippen LogP contribution in [0.2, 0.25) is 0 Å². The molecule has 6 heteroatoms. The molecule has 6 nitrogen and oxygen atoms in total. The third kappa shape index (κ3) is 2.50. The first kappa shape index (κ1) is 14.1. The quantitative estimate of drug-likeness (QED) is 0.905. The number of benzene rings is 1. The van der Waals surface area contributed by atoms with Crippen LogP contribution in [0.5, 0.6) is 5.75 Å². The summed E-state index contributed by atoms with van der Waals surface area (Å²) < 4.78 is 5.67. The fraction of sp³-hybridized carbons (Fsp3) is 0.188. The Morgan fingerprint density at radius 2 is 2.00 bits per heavy atom. The molecule has 112 valence electrons. The third-order valence-electron chi connectivity index (χ3n) is 3.44. The lowest BCUT2D eigenvalue weighted by atomic mass is 10.1. The molecule has 1 aliphatic heterocycles. The first-order valence-corrected chi connectivity index (χ1v) is 6.91. The van der Waals surface area contributed by atoms with E-state index in [4.69, 9.17) is 4.74 Å². The normalized spacial score (nSPS) is 16.4. The van der Waals surface area contributed by atoms with Crippen LogP contribution in [0.15, 0.2) is 48.7 Å². The van der Waals surface area contributed by atoms with E-state index in [9.17, 15) is 9.59 Å². The predicted octanol–water partition coefficient (Wildman–Crippen LogP) is 1.24. The van der Waals surface area contributed by atoms with E-state index in [1.165, 1.54) is 11.9 Å². The lowest BCUT2D eigenvalue weighted by molar-refractivity contribution is -0.127. The molecule has 0 bridgehead atoms. The predicted molar refractivity (Wildman–Crippen MR) is 80.8 cm³/mol. The first-order valence-electron chi connectivity index (χ1n) is 6.91. The Morgan fingerprint density at radius 1 is 1.23 bits per heavy atom. The average molecular weight is 297 g/mol. The monoisotopic (exact) mass is 297 g/mol. The number of fused-ring (bicyclic) bond motifs is 1. The number of hydrogen-bond acceptors (Lipinski definition) is 4. The number of pyridine rings is 1. The van der Waals surface area contributed by atoms with E-state index in [-0.39, 0.29) is 18.4 Å². The second kappa shape index (κ2) is 5.85. The smallest absolute Gasteiger partial charge is 0.277 e. The zero-order valence-corrected chi connectivity index (χ0v) is 12.0. The lowest BCUT2D eigenvalue weighted by Gasteiger charge is -2.33. The maximum absolute atomic E-state index is 12.7. The van der Waals surface area contributed by atoms with Crippen LogP contribution in [-0.2, 0) is 4.79 Å². The summed E-state index contributed by atoms with van der Waals surface area (Å²) in [6.45, 7) is 0.145. The highest BCUT2D eigenvalue weighted by atomic mass is 16.5. The summed E-state index contributed by atoms with van der Waals surface area (Å²) in [7, 11) is 1.54. The van der Waals surface area contributed by atoms with Crippen LogP contribution in [0, 0.1) is 0 Å². The maximum atomic E-state index is 12.7. The number of ether oxygens (including phenoxy) is 1. The molecule has 0 saturated carbocycles. The van der Waals surface area contributed by atoms with Crippen LogP contribution >= 0.6 is 0 Å². The Kier molecular flexibility index (Phi) is 3.74. The van der Waals surface area contributed by atoms with E-state index in [0.29, 0.717) is 17.1 Å². The van der Waals surface area contributed by atoms with Crippen LogP contribution in [0.4, 0.5) is 5.69 Å². The summed E-state index contributed by atoms with van der Waals surface area (Å²) in [5.74, 6) is -0.0230. The molecule has 1 aromatic heterocycles. The Bertz CT molecular complexity index is 703. The average Bonchev–Trinajstić information content (AvgIpc) is 2.60. The van der Waals surface area contributed by atoms with E-state index >= 15 is 0 Å². The van der Waals surface area contributed by atoms with E-state index in [1.807, 2.05) is 6.07 Å². The minimum Gasteiger partial charge on any atom is -0.477 e. The van der Waals surface area contributed by atoms with Gasteiger partial charge in [-0.05, 0) is 24.3 Å². The van der Waals surface area contributed by atoms with Crippen molar-refractivity contribution < 1.29 is 14.3 Å². The number of carbonyl (C=O) groups excluding carboxylic acids is 2. The van der Waals surface area contributed by atoms with Gasteiger partial charge in [0.15, 0.2) is 6.10 Å². The zero-order chi connectivity index (χ0) is 15.5. The van der Waals surface area contributed by atoms with Gasteiger partial charge in [0, 0.05) is 13.2 Å². The summed E-state index contributed by atoms with van der Waals surface area (Å²) >= 11 is 0. The van der Waals surface area contributed by atoms with E-state index in [1.54, 1.807) is 42.6 Å². The van der Waals surface area contributed by atoms with Crippen LogP contribution < -0.4 is 15.0 Å². The van der Waals surface area contributed by atoms with Crippen molar-refractivity contribution in [1.29, 1.82) is 0 Å². The lowest BCUT2D eigenvalue weighted by Crippen LogP contribution is -2.50. The Hall–Kier alpha value is -2.89. The number of carbonyl (C=O) groups is 2. The Balaban J connectivity index is 1.98. The summed E-state index contributed by atoms with van der Waals surface area (Å²) in [4.78, 5) is 30.2. The molecular formula is C16H15N3O3. The van der Waals surface area contributed by atoms with Gasteiger partial charge >= 0.3 is 0 Å². The van der Waals surface area contributed by atoms with Crippen molar-refractivity contribution in [2.45, 2.75) is 6.10 Å². The van der Waals surface area contributed by atoms with E-state index < -0.39 is 6.10 Å². The number of aromatic nitrogens is 1. The van der Waals surface area contributed by atoms with Gasteiger partial charge in [-0.25, -0.2) is 0 Å². The minimum absolute atomic E-state index is 0.145. The SMILES string of the molecule is CNC(=O)[C@@H]1CN(C(=O)c2ccccn2)c2ccccc2O1. The molecule has 0 aliphatic carbocycles. The molecule has 3 rings (SSSR count). The van der Waals surface area contributed by atoms with Gasteiger partial charge in [0.05, 0.1) is 12.2 Å². The highest BCUT2D eigenvalue weighted by Gasteiger charge is 2.34. The highest BCUT2D eigenvalue weighted by molar-refractivity contribution is 6.06.